The van der Waals surface area contributed by atoms with Gasteiger partial charge in [0.2, 0.25) is 0 Å². The predicted octanol–water partition coefficient (Wildman–Crippen LogP) is 1.85. The van der Waals surface area contributed by atoms with Crippen LogP contribution in [0.2, 0.25) is 0 Å². The molecule has 2 saturated heterocycles. The summed E-state index contributed by atoms with van der Waals surface area (Å²) >= 11 is 0. The summed E-state index contributed by atoms with van der Waals surface area (Å²) in [7, 11) is -3.32. The van der Waals surface area contributed by atoms with Gasteiger partial charge >= 0.3 is 7.82 Å². The van der Waals surface area contributed by atoms with Gasteiger partial charge in [-0.05, 0) is 6.42 Å². The first-order valence-electron chi connectivity index (χ1n) is 4.57. The van der Waals surface area contributed by atoms with Crippen molar-refractivity contribution in [1.29, 1.82) is 0 Å². The highest BCUT2D eigenvalue weighted by molar-refractivity contribution is 7.48. The Bertz CT molecular complexity index is 256. The maximum Gasteiger partial charge on any atom is 0.477 e. The first kappa shape index (κ1) is 10.3. The summed E-state index contributed by atoms with van der Waals surface area (Å²) in [5, 5.41) is 0. The third-order valence-corrected chi connectivity index (χ3v) is 3.60. The van der Waals surface area contributed by atoms with E-state index >= 15 is 0 Å². The molecule has 0 aliphatic carbocycles. The van der Waals surface area contributed by atoms with Gasteiger partial charge in [0.1, 0.15) is 0 Å². The quantitative estimate of drug-likeness (QED) is 0.536. The number of rotatable bonds is 3. The van der Waals surface area contributed by atoms with Gasteiger partial charge in [-0.1, -0.05) is 6.08 Å². The predicted molar refractivity (Wildman–Crippen MR) is 48.7 cm³/mol. The molecule has 5 nitrogen and oxygen atoms in total. The SMILES string of the molecule is C=CC1CCC(OP2(=O)OCCO2)O1. The molecule has 80 valence electrons. The molecule has 0 aromatic heterocycles. The smallest absolute Gasteiger partial charge is 0.345 e. The van der Waals surface area contributed by atoms with E-state index in [1.54, 1.807) is 6.08 Å². The van der Waals surface area contributed by atoms with Gasteiger partial charge in [0, 0.05) is 6.42 Å². The Morgan fingerprint density at radius 2 is 2.07 bits per heavy atom. The van der Waals surface area contributed by atoms with E-state index in [4.69, 9.17) is 18.3 Å². The largest absolute Gasteiger partial charge is 0.477 e. The van der Waals surface area contributed by atoms with Crippen LogP contribution >= 0.6 is 7.82 Å². The summed E-state index contributed by atoms with van der Waals surface area (Å²) in [6, 6.07) is 0. The van der Waals surface area contributed by atoms with Crippen LogP contribution in [0.25, 0.3) is 0 Å². The Kier molecular flexibility index (Phi) is 3.04. The Labute approximate surface area is 82.6 Å². The summed E-state index contributed by atoms with van der Waals surface area (Å²) in [6.07, 6.45) is 2.70. The molecule has 2 fully saturated rings. The van der Waals surface area contributed by atoms with Crippen LogP contribution < -0.4 is 0 Å². The van der Waals surface area contributed by atoms with E-state index in [1.807, 2.05) is 0 Å². The van der Waals surface area contributed by atoms with Crippen LogP contribution in [0, 0.1) is 0 Å². The number of ether oxygens (including phenoxy) is 1. The first-order valence-corrected chi connectivity index (χ1v) is 6.03. The van der Waals surface area contributed by atoms with E-state index in [9.17, 15) is 4.57 Å². The molecule has 2 unspecified atom stereocenters. The third kappa shape index (κ3) is 2.24. The van der Waals surface area contributed by atoms with Gasteiger partial charge in [-0.15, -0.1) is 6.58 Å². The molecule has 0 N–H and O–H groups in total. The normalized spacial score (nSPS) is 36.0. The fourth-order valence-corrected chi connectivity index (χ4v) is 2.66. The Hall–Kier alpha value is -0.190. The lowest BCUT2D eigenvalue weighted by molar-refractivity contribution is -0.0725. The molecule has 0 saturated carbocycles. The molecule has 0 amide bonds. The zero-order valence-electron chi connectivity index (χ0n) is 7.76. The lowest BCUT2D eigenvalue weighted by Gasteiger charge is -2.15. The Balaban J connectivity index is 1.86. The van der Waals surface area contributed by atoms with E-state index in [2.05, 4.69) is 6.58 Å². The van der Waals surface area contributed by atoms with E-state index in [1.165, 1.54) is 0 Å². The average molecular weight is 220 g/mol. The van der Waals surface area contributed by atoms with Crippen molar-refractivity contribution in [2.75, 3.05) is 13.2 Å². The highest BCUT2D eigenvalue weighted by Gasteiger charge is 2.38. The Morgan fingerprint density at radius 3 is 2.64 bits per heavy atom. The summed E-state index contributed by atoms with van der Waals surface area (Å²) < 4.78 is 31.8. The van der Waals surface area contributed by atoms with Gasteiger partial charge in [0.05, 0.1) is 19.3 Å². The van der Waals surface area contributed by atoms with Crippen LogP contribution in [-0.2, 0) is 22.9 Å². The van der Waals surface area contributed by atoms with Crippen molar-refractivity contribution in [2.24, 2.45) is 0 Å². The molecule has 2 aliphatic rings. The minimum atomic E-state index is -3.32. The molecule has 14 heavy (non-hydrogen) atoms. The van der Waals surface area contributed by atoms with Crippen LogP contribution in [0.4, 0.5) is 0 Å². The lowest BCUT2D eigenvalue weighted by atomic mass is 10.2. The van der Waals surface area contributed by atoms with Crippen LogP contribution in [-0.4, -0.2) is 25.6 Å². The molecule has 6 heteroatoms. The Morgan fingerprint density at radius 1 is 1.36 bits per heavy atom. The molecule has 2 atom stereocenters. The number of phosphoric ester groups is 1. The minimum absolute atomic E-state index is 0.0193. The van der Waals surface area contributed by atoms with E-state index in [0.29, 0.717) is 19.6 Å². The van der Waals surface area contributed by atoms with Crippen molar-refractivity contribution in [3.8, 4) is 0 Å². The highest BCUT2D eigenvalue weighted by Crippen LogP contribution is 2.54. The van der Waals surface area contributed by atoms with E-state index in [0.717, 1.165) is 6.42 Å². The zero-order chi connectivity index (χ0) is 10.0. The second-order valence-electron chi connectivity index (χ2n) is 3.14. The lowest BCUT2D eigenvalue weighted by Crippen LogP contribution is -2.11. The van der Waals surface area contributed by atoms with Crippen LogP contribution in [0.15, 0.2) is 12.7 Å². The molecule has 2 rings (SSSR count). The van der Waals surface area contributed by atoms with Gasteiger partial charge < -0.3 is 4.74 Å². The second-order valence-corrected chi connectivity index (χ2v) is 4.76. The summed E-state index contributed by atoms with van der Waals surface area (Å²) in [5.74, 6) is 0. The molecule has 0 bridgehead atoms. The van der Waals surface area contributed by atoms with E-state index in [-0.39, 0.29) is 6.10 Å². The summed E-state index contributed by atoms with van der Waals surface area (Å²) in [6.45, 7) is 4.24. The molecule has 0 radical (unpaired) electrons. The first-order chi connectivity index (χ1) is 6.72. The van der Waals surface area contributed by atoms with Crippen molar-refractivity contribution in [3.05, 3.63) is 12.7 Å². The summed E-state index contributed by atoms with van der Waals surface area (Å²) in [4.78, 5) is 0. The fourth-order valence-electron chi connectivity index (χ4n) is 1.42. The third-order valence-electron chi connectivity index (χ3n) is 2.11. The van der Waals surface area contributed by atoms with Crippen LogP contribution in [0.5, 0.6) is 0 Å². The minimum Gasteiger partial charge on any atom is -0.345 e. The molecule has 2 aliphatic heterocycles. The highest BCUT2D eigenvalue weighted by atomic mass is 31.2. The summed E-state index contributed by atoms with van der Waals surface area (Å²) in [5.41, 5.74) is 0. The molecule has 0 aromatic carbocycles. The molecular formula is C8H13O5P. The van der Waals surface area contributed by atoms with E-state index < -0.39 is 14.1 Å². The van der Waals surface area contributed by atoms with Gasteiger partial charge in [0.15, 0.2) is 6.29 Å². The van der Waals surface area contributed by atoms with Gasteiger partial charge in [-0.25, -0.2) is 4.57 Å². The molecular weight excluding hydrogens is 207 g/mol. The number of phosphoric acid groups is 1. The van der Waals surface area contributed by atoms with Crippen molar-refractivity contribution in [2.45, 2.75) is 25.2 Å². The topological polar surface area (TPSA) is 54.0 Å². The maximum absolute atomic E-state index is 11.6. The van der Waals surface area contributed by atoms with Gasteiger partial charge in [0.25, 0.3) is 0 Å². The van der Waals surface area contributed by atoms with Gasteiger partial charge in [-0.2, -0.15) is 0 Å². The monoisotopic (exact) mass is 220 g/mol. The zero-order valence-corrected chi connectivity index (χ0v) is 8.65. The van der Waals surface area contributed by atoms with Crippen molar-refractivity contribution in [1.82, 2.24) is 0 Å². The van der Waals surface area contributed by atoms with Crippen molar-refractivity contribution >= 4 is 7.82 Å². The molecule has 0 aromatic rings. The average Bonchev–Trinajstić information content (AvgIpc) is 2.75. The standard InChI is InChI=1S/C8H13O5P/c1-2-7-3-4-8(12-7)13-14(9)10-5-6-11-14/h2,7-8H,1,3-6H2. The van der Waals surface area contributed by atoms with Gasteiger partial charge in [-0.3, -0.25) is 13.6 Å². The fraction of sp³-hybridized carbons (Fsp3) is 0.750. The maximum atomic E-state index is 11.6. The number of hydrogen-bond acceptors (Lipinski definition) is 5. The molecule has 2 heterocycles. The van der Waals surface area contributed by atoms with Crippen LogP contribution in [0.1, 0.15) is 12.8 Å². The second kappa shape index (κ2) is 4.13. The van der Waals surface area contributed by atoms with Crippen molar-refractivity contribution < 1.29 is 22.9 Å². The van der Waals surface area contributed by atoms with Crippen LogP contribution in [0.3, 0.4) is 0 Å². The molecule has 0 spiro atoms. The van der Waals surface area contributed by atoms with Crippen molar-refractivity contribution in [3.63, 3.8) is 0 Å². The number of hydrogen-bond donors (Lipinski definition) is 0.